The highest BCUT2D eigenvalue weighted by Gasteiger charge is 2.18. The summed E-state index contributed by atoms with van der Waals surface area (Å²) in [4.78, 5) is 6.61. The Kier molecular flexibility index (Phi) is 4.98. The molecule has 0 spiro atoms. The van der Waals surface area contributed by atoms with E-state index >= 15 is 0 Å². The number of aromatic nitrogens is 1. The smallest absolute Gasteiger partial charge is 0.0271 e. The number of benzene rings is 1. The summed E-state index contributed by atoms with van der Waals surface area (Å²) in [6.45, 7) is 4.40. The molecule has 1 aromatic heterocycles. The van der Waals surface area contributed by atoms with Crippen LogP contribution in [0.4, 0.5) is 0 Å². The molecule has 21 heavy (non-hydrogen) atoms. The van der Waals surface area contributed by atoms with Crippen LogP contribution in [0, 0.1) is 0 Å². The van der Waals surface area contributed by atoms with Crippen LogP contribution in [0.5, 0.6) is 0 Å². The molecule has 2 aromatic rings. The summed E-state index contributed by atoms with van der Waals surface area (Å²) in [6, 6.07) is 15.6. The molecule has 0 bridgehead atoms. The SMILES string of the molecule is c1ccc(CN2CCC(NCc3ccncc3)CC2)cc1. The van der Waals surface area contributed by atoms with Crippen LogP contribution in [0.2, 0.25) is 0 Å². The fourth-order valence-electron chi connectivity index (χ4n) is 2.90. The Morgan fingerprint density at radius 3 is 2.38 bits per heavy atom. The van der Waals surface area contributed by atoms with Crippen LogP contribution in [-0.2, 0) is 13.1 Å². The zero-order valence-electron chi connectivity index (χ0n) is 12.4. The summed E-state index contributed by atoms with van der Waals surface area (Å²) in [5, 5.41) is 3.67. The average molecular weight is 281 g/mol. The highest BCUT2D eigenvalue weighted by Crippen LogP contribution is 2.14. The lowest BCUT2D eigenvalue weighted by Crippen LogP contribution is -2.41. The molecule has 3 nitrogen and oxygen atoms in total. The maximum Gasteiger partial charge on any atom is 0.0271 e. The predicted molar refractivity (Wildman–Crippen MR) is 85.8 cm³/mol. The second-order valence-electron chi connectivity index (χ2n) is 5.77. The number of nitrogens with zero attached hydrogens (tertiary/aromatic N) is 2. The van der Waals surface area contributed by atoms with Gasteiger partial charge in [-0.15, -0.1) is 0 Å². The molecule has 0 unspecified atom stereocenters. The van der Waals surface area contributed by atoms with E-state index in [0.29, 0.717) is 6.04 Å². The van der Waals surface area contributed by atoms with Crippen molar-refractivity contribution >= 4 is 0 Å². The molecule has 1 saturated heterocycles. The summed E-state index contributed by atoms with van der Waals surface area (Å²) >= 11 is 0. The van der Waals surface area contributed by atoms with Crippen LogP contribution < -0.4 is 5.32 Å². The minimum Gasteiger partial charge on any atom is -0.310 e. The van der Waals surface area contributed by atoms with Gasteiger partial charge in [0.05, 0.1) is 0 Å². The van der Waals surface area contributed by atoms with Crippen LogP contribution >= 0.6 is 0 Å². The first-order valence-electron chi connectivity index (χ1n) is 7.79. The standard InChI is InChI=1S/C18H23N3/c1-2-4-17(5-3-1)15-21-12-8-18(9-13-21)20-14-16-6-10-19-11-7-16/h1-7,10-11,18,20H,8-9,12-15H2. The second kappa shape index (κ2) is 7.34. The quantitative estimate of drug-likeness (QED) is 0.913. The first-order chi connectivity index (χ1) is 10.4. The Balaban J connectivity index is 1.41. The Bertz CT molecular complexity index is 519. The summed E-state index contributed by atoms with van der Waals surface area (Å²) in [5.74, 6) is 0. The maximum absolute atomic E-state index is 4.06. The van der Waals surface area contributed by atoms with Gasteiger partial charge < -0.3 is 5.32 Å². The fraction of sp³-hybridized carbons (Fsp3) is 0.389. The largest absolute Gasteiger partial charge is 0.310 e. The minimum absolute atomic E-state index is 0.644. The molecule has 3 rings (SSSR count). The van der Waals surface area contributed by atoms with E-state index in [-0.39, 0.29) is 0 Å². The number of rotatable bonds is 5. The van der Waals surface area contributed by atoms with Crippen molar-refractivity contribution < 1.29 is 0 Å². The normalized spacial score (nSPS) is 17.0. The van der Waals surface area contributed by atoms with Gasteiger partial charge in [-0.2, -0.15) is 0 Å². The van der Waals surface area contributed by atoms with Gasteiger partial charge in [-0.3, -0.25) is 9.88 Å². The second-order valence-corrected chi connectivity index (χ2v) is 5.77. The summed E-state index contributed by atoms with van der Waals surface area (Å²) < 4.78 is 0. The van der Waals surface area contributed by atoms with E-state index in [1.807, 2.05) is 12.4 Å². The van der Waals surface area contributed by atoms with E-state index in [1.54, 1.807) is 0 Å². The van der Waals surface area contributed by atoms with Gasteiger partial charge in [0.15, 0.2) is 0 Å². The van der Waals surface area contributed by atoms with Gasteiger partial charge in [0.1, 0.15) is 0 Å². The molecule has 0 amide bonds. The molecule has 0 aliphatic carbocycles. The van der Waals surface area contributed by atoms with Crippen molar-refractivity contribution in [2.75, 3.05) is 13.1 Å². The van der Waals surface area contributed by atoms with Gasteiger partial charge in [-0.1, -0.05) is 30.3 Å². The molecular formula is C18H23N3. The van der Waals surface area contributed by atoms with Gasteiger partial charge in [0, 0.05) is 31.5 Å². The Morgan fingerprint density at radius 1 is 0.952 bits per heavy atom. The first-order valence-corrected chi connectivity index (χ1v) is 7.79. The minimum atomic E-state index is 0.644. The third-order valence-corrected chi connectivity index (χ3v) is 4.18. The molecule has 2 heterocycles. The molecule has 3 heteroatoms. The van der Waals surface area contributed by atoms with E-state index in [0.717, 1.165) is 13.1 Å². The van der Waals surface area contributed by atoms with Gasteiger partial charge in [-0.05, 0) is 49.2 Å². The summed E-state index contributed by atoms with van der Waals surface area (Å²) in [5.41, 5.74) is 2.73. The van der Waals surface area contributed by atoms with Crippen LogP contribution in [0.15, 0.2) is 54.9 Å². The average Bonchev–Trinajstić information content (AvgIpc) is 2.56. The molecule has 0 radical (unpaired) electrons. The van der Waals surface area contributed by atoms with Crippen LogP contribution in [0.1, 0.15) is 24.0 Å². The number of piperidine rings is 1. The molecule has 110 valence electrons. The summed E-state index contributed by atoms with van der Waals surface area (Å²) in [6.07, 6.45) is 6.19. The van der Waals surface area contributed by atoms with Crippen molar-refractivity contribution in [2.24, 2.45) is 0 Å². The highest BCUT2D eigenvalue weighted by atomic mass is 15.1. The van der Waals surface area contributed by atoms with Crippen molar-refractivity contribution in [3.05, 3.63) is 66.0 Å². The zero-order valence-corrected chi connectivity index (χ0v) is 12.4. The van der Waals surface area contributed by atoms with Crippen LogP contribution in [-0.4, -0.2) is 29.0 Å². The number of nitrogens with one attached hydrogen (secondary N) is 1. The molecule has 0 saturated carbocycles. The van der Waals surface area contributed by atoms with Crippen LogP contribution in [0.3, 0.4) is 0 Å². The van der Waals surface area contributed by atoms with Crippen molar-refractivity contribution in [3.8, 4) is 0 Å². The summed E-state index contributed by atoms with van der Waals surface area (Å²) in [7, 11) is 0. The van der Waals surface area contributed by atoms with Gasteiger partial charge >= 0.3 is 0 Å². The topological polar surface area (TPSA) is 28.2 Å². The first kappa shape index (κ1) is 14.2. The lowest BCUT2D eigenvalue weighted by Gasteiger charge is -2.32. The van der Waals surface area contributed by atoms with Crippen molar-refractivity contribution in [2.45, 2.75) is 32.0 Å². The highest BCUT2D eigenvalue weighted by molar-refractivity contribution is 5.14. The van der Waals surface area contributed by atoms with E-state index in [9.17, 15) is 0 Å². The third-order valence-electron chi connectivity index (χ3n) is 4.18. The fourth-order valence-corrected chi connectivity index (χ4v) is 2.90. The number of hydrogen-bond donors (Lipinski definition) is 1. The molecule has 1 aromatic carbocycles. The van der Waals surface area contributed by atoms with E-state index in [4.69, 9.17) is 0 Å². The maximum atomic E-state index is 4.06. The van der Waals surface area contributed by atoms with Gasteiger partial charge in [0.2, 0.25) is 0 Å². The van der Waals surface area contributed by atoms with E-state index < -0.39 is 0 Å². The van der Waals surface area contributed by atoms with Gasteiger partial charge in [-0.25, -0.2) is 0 Å². The molecule has 1 aliphatic heterocycles. The monoisotopic (exact) mass is 281 g/mol. The van der Waals surface area contributed by atoms with E-state index in [1.165, 1.54) is 37.1 Å². The van der Waals surface area contributed by atoms with Crippen molar-refractivity contribution in [3.63, 3.8) is 0 Å². The molecule has 1 aliphatic rings. The number of hydrogen-bond acceptors (Lipinski definition) is 3. The molecular weight excluding hydrogens is 258 g/mol. The predicted octanol–water partition coefficient (Wildman–Crippen LogP) is 2.84. The van der Waals surface area contributed by atoms with Crippen molar-refractivity contribution in [1.29, 1.82) is 0 Å². The van der Waals surface area contributed by atoms with E-state index in [2.05, 4.69) is 57.7 Å². The van der Waals surface area contributed by atoms with Crippen molar-refractivity contribution in [1.82, 2.24) is 15.2 Å². The van der Waals surface area contributed by atoms with Crippen LogP contribution in [0.25, 0.3) is 0 Å². The molecule has 0 atom stereocenters. The number of pyridine rings is 1. The molecule has 1 N–H and O–H groups in total. The lowest BCUT2D eigenvalue weighted by molar-refractivity contribution is 0.190. The number of likely N-dealkylation sites (tertiary alicyclic amines) is 1. The lowest BCUT2D eigenvalue weighted by atomic mass is 10.0. The van der Waals surface area contributed by atoms with Gasteiger partial charge in [0.25, 0.3) is 0 Å². The third kappa shape index (κ3) is 4.38. The Morgan fingerprint density at radius 2 is 1.67 bits per heavy atom. The molecule has 1 fully saturated rings. The zero-order chi connectivity index (χ0) is 14.3. The Hall–Kier alpha value is -1.71. The Labute approximate surface area is 127 Å².